The van der Waals surface area contributed by atoms with E-state index in [1.165, 1.54) is 17.5 Å². The second kappa shape index (κ2) is 9.55. The van der Waals surface area contributed by atoms with E-state index in [9.17, 15) is 14.7 Å². The first kappa shape index (κ1) is 22.7. The van der Waals surface area contributed by atoms with Gasteiger partial charge in [-0.25, -0.2) is 9.97 Å². The van der Waals surface area contributed by atoms with Crippen molar-refractivity contribution >= 4 is 44.1 Å². The minimum atomic E-state index is -0.350. The predicted octanol–water partition coefficient (Wildman–Crippen LogP) is 2.59. The van der Waals surface area contributed by atoms with E-state index in [0.717, 1.165) is 15.8 Å². The van der Waals surface area contributed by atoms with E-state index in [1.807, 2.05) is 32.0 Å². The fourth-order valence-electron chi connectivity index (χ4n) is 3.74. The highest BCUT2D eigenvalue weighted by Crippen LogP contribution is 2.24. The van der Waals surface area contributed by atoms with E-state index in [-0.39, 0.29) is 24.5 Å². The van der Waals surface area contributed by atoms with Crippen molar-refractivity contribution in [2.24, 2.45) is 5.92 Å². The molecule has 0 saturated carbocycles. The molecule has 4 rings (SSSR count). The molecule has 0 aliphatic rings. The molecule has 0 aliphatic heterocycles. The molecule has 172 valence electrons. The van der Waals surface area contributed by atoms with Gasteiger partial charge in [-0.05, 0) is 42.2 Å². The lowest BCUT2D eigenvalue weighted by molar-refractivity contribution is 0.0900. The lowest BCUT2D eigenvalue weighted by Gasteiger charge is -2.18. The minimum Gasteiger partial charge on any atom is -0.394 e. The third-order valence-corrected chi connectivity index (χ3v) is 6.09. The first-order valence-corrected chi connectivity index (χ1v) is 11.5. The average Bonchev–Trinajstić information content (AvgIpc) is 3.38. The monoisotopic (exact) mass is 466 g/mol. The maximum absolute atomic E-state index is 12.9. The molecular formula is C23H26N6O3S. The quantitative estimate of drug-likeness (QED) is 0.315. The van der Waals surface area contributed by atoms with Crippen LogP contribution in [0.2, 0.25) is 0 Å². The van der Waals surface area contributed by atoms with Gasteiger partial charge in [0.15, 0.2) is 5.13 Å². The Morgan fingerprint density at radius 2 is 2.06 bits per heavy atom. The number of aliphatic hydroxyl groups excluding tert-OH is 1. The highest BCUT2D eigenvalue weighted by Gasteiger charge is 2.20. The summed E-state index contributed by atoms with van der Waals surface area (Å²) in [5.74, 6) is -0.318. The van der Waals surface area contributed by atoms with Gasteiger partial charge < -0.3 is 21.5 Å². The molecule has 33 heavy (non-hydrogen) atoms. The van der Waals surface area contributed by atoms with E-state index in [1.54, 1.807) is 22.7 Å². The van der Waals surface area contributed by atoms with E-state index >= 15 is 0 Å². The number of aromatic nitrogens is 3. The van der Waals surface area contributed by atoms with Crippen molar-refractivity contribution in [1.29, 1.82) is 0 Å². The van der Waals surface area contributed by atoms with Crippen molar-refractivity contribution in [1.82, 2.24) is 25.0 Å². The highest BCUT2D eigenvalue weighted by molar-refractivity contribution is 7.22. The van der Waals surface area contributed by atoms with Crippen molar-refractivity contribution in [3.63, 3.8) is 0 Å². The number of thiazole rings is 1. The number of benzene rings is 1. The average molecular weight is 467 g/mol. The molecule has 5 N–H and O–H groups in total. The third kappa shape index (κ3) is 4.96. The summed E-state index contributed by atoms with van der Waals surface area (Å²) in [5, 5.41) is 15.8. The molecule has 0 unspecified atom stereocenters. The zero-order valence-electron chi connectivity index (χ0n) is 18.4. The SMILES string of the molecule is CC(C)C[C@@H](CO)NC(=O)c1cnc2c(C(=O)NCc3ccc4nc(N)sc4c3)cccn12. The summed E-state index contributed by atoms with van der Waals surface area (Å²) >= 11 is 1.40. The van der Waals surface area contributed by atoms with Gasteiger partial charge in [-0.15, -0.1) is 0 Å². The molecule has 0 fully saturated rings. The minimum absolute atomic E-state index is 0.145. The molecule has 4 aromatic rings. The summed E-state index contributed by atoms with van der Waals surface area (Å²) in [6.07, 6.45) is 3.78. The number of nitrogens with zero attached hydrogens (tertiary/aromatic N) is 3. The van der Waals surface area contributed by atoms with Gasteiger partial charge in [0.25, 0.3) is 11.8 Å². The number of rotatable bonds is 8. The Hall–Kier alpha value is -3.50. The zero-order valence-corrected chi connectivity index (χ0v) is 19.2. The van der Waals surface area contributed by atoms with Crippen molar-refractivity contribution in [2.45, 2.75) is 32.9 Å². The van der Waals surface area contributed by atoms with Crippen LogP contribution in [0.4, 0.5) is 5.13 Å². The molecule has 0 spiro atoms. The van der Waals surface area contributed by atoms with Gasteiger partial charge >= 0.3 is 0 Å². The van der Waals surface area contributed by atoms with Gasteiger partial charge in [-0.1, -0.05) is 31.3 Å². The molecular weight excluding hydrogens is 440 g/mol. The Bertz CT molecular complexity index is 1310. The summed E-state index contributed by atoms with van der Waals surface area (Å²) < 4.78 is 2.55. The second-order valence-electron chi connectivity index (χ2n) is 8.28. The molecule has 3 heterocycles. The lowest BCUT2D eigenvalue weighted by Crippen LogP contribution is -2.38. The van der Waals surface area contributed by atoms with Crippen LogP contribution in [-0.4, -0.2) is 43.9 Å². The van der Waals surface area contributed by atoms with Crippen LogP contribution in [0.3, 0.4) is 0 Å². The van der Waals surface area contributed by atoms with Gasteiger partial charge in [0, 0.05) is 12.7 Å². The molecule has 10 heteroatoms. The fraction of sp³-hybridized carbons (Fsp3) is 0.304. The second-order valence-corrected chi connectivity index (χ2v) is 9.34. The summed E-state index contributed by atoms with van der Waals surface area (Å²) in [7, 11) is 0. The summed E-state index contributed by atoms with van der Waals surface area (Å²) in [4.78, 5) is 34.2. The maximum atomic E-state index is 12.9. The van der Waals surface area contributed by atoms with Crippen LogP contribution in [0, 0.1) is 5.92 Å². The summed E-state index contributed by atoms with van der Waals surface area (Å²) in [6, 6.07) is 8.75. The number of imidazole rings is 1. The van der Waals surface area contributed by atoms with Crippen LogP contribution in [0.1, 0.15) is 46.7 Å². The molecule has 2 amide bonds. The predicted molar refractivity (Wildman–Crippen MR) is 128 cm³/mol. The van der Waals surface area contributed by atoms with Gasteiger partial charge in [0.05, 0.1) is 34.6 Å². The number of hydrogen-bond donors (Lipinski definition) is 4. The number of anilines is 1. The number of nitrogen functional groups attached to an aromatic ring is 1. The number of amides is 2. The summed E-state index contributed by atoms with van der Waals surface area (Å²) in [6.45, 7) is 4.24. The van der Waals surface area contributed by atoms with Gasteiger partial charge in [0.2, 0.25) is 0 Å². The number of fused-ring (bicyclic) bond motifs is 2. The Morgan fingerprint density at radius 1 is 1.24 bits per heavy atom. The van der Waals surface area contributed by atoms with Crippen LogP contribution in [0.15, 0.2) is 42.7 Å². The Labute approximate surface area is 194 Å². The van der Waals surface area contributed by atoms with E-state index < -0.39 is 0 Å². The van der Waals surface area contributed by atoms with Crippen molar-refractivity contribution < 1.29 is 14.7 Å². The highest BCUT2D eigenvalue weighted by atomic mass is 32.1. The Morgan fingerprint density at radius 3 is 2.82 bits per heavy atom. The number of hydrogen-bond acceptors (Lipinski definition) is 7. The van der Waals surface area contributed by atoms with Crippen molar-refractivity contribution in [2.75, 3.05) is 12.3 Å². The number of pyridine rings is 1. The maximum Gasteiger partial charge on any atom is 0.270 e. The molecule has 0 radical (unpaired) electrons. The van der Waals surface area contributed by atoms with E-state index in [4.69, 9.17) is 5.73 Å². The fourth-order valence-corrected chi connectivity index (χ4v) is 4.54. The van der Waals surface area contributed by atoms with Crippen LogP contribution in [-0.2, 0) is 6.54 Å². The van der Waals surface area contributed by atoms with Gasteiger partial charge in [-0.3, -0.25) is 14.0 Å². The van der Waals surface area contributed by atoms with E-state index in [0.29, 0.717) is 40.9 Å². The third-order valence-electron chi connectivity index (χ3n) is 5.25. The van der Waals surface area contributed by atoms with Crippen LogP contribution in [0.5, 0.6) is 0 Å². The Kier molecular flexibility index (Phi) is 6.57. The van der Waals surface area contributed by atoms with Gasteiger partial charge in [-0.2, -0.15) is 0 Å². The zero-order chi connectivity index (χ0) is 23.5. The van der Waals surface area contributed by atoms with Gasteiger partial charge in [0.1, 0.15) is 11.3 Å². The number of nitrogens with two attached hydrogens (primary N) is 1. The van der Waals surface area contributed by atoms with Crippen LogP contribution >= 0.6 is 11.3 Å². The summed E-state index contributed by atoms with van der Waals surface area (Å²) in [5.41, 5.74) is 8.56. The molecule has 3 aromatic heterocycles. The number of carbonyl (C=O) groups excluding carboxylic acids is 2. The molecule has 1 atom stereocenters. The normalized spacial score (nSPS) is 12.4. The van der Waals surface area contributed by atoms with Crippen LogP contribution in [0.25, 0.3) is 15.9 Å². The first-order valence-electron chi connectivity index (χ1n) is 10.7. The van der Waals surface area contributed by atoms with Crippen LogP contribution < -0.4 is 16.4 Å². The van der Waals surface area contributed by atoms with Crippen molar-refractivity contribution in [3.8, 4) is 0 Å². The number of carbonyl (C=O) groups is 2. The van der Waals surface area contributed by atoms with Crippen molar-refractivity contribution in [3.05, 3.63) is 59.5 Å². The molecule has 1 aromatic carbocycles. The van der Waals surface area contributed by atoms with E-state index in [2.05, 4.69) is 20.6 Å². The smallest absolute Gasteiger partial charge is 0.270 e. The molecule has 0 aliphatic carbocycles. The Balaban J connectivity index is 1.50. The first-order chi connectivity index (χ1) is 15.9. The molecule has 0 saturated heterocycles. The topological polar surface area (TPSA) is 135 Å². The number of nitrogens with one attached hydrogen (secondary N) is 2. The molecule has 9 nitrogen and oxygen atoms in total. The molecule has 0 bridgehead atoms. The largest absolute Gasteiger partial charge is 0.394 e. The number of aliphatic hydroxyl groups is 1. The lowest BCUT2D eigenvalue weighted by atomic mass is 10.0. The standard InChI is InChI=1S/C23H26N6O3S/c1-13(2)8-15(12-30)27-22(32)18-11-25-20-16(4-3-7-29(18)20)21(31)26-10-14-5-6-17-19(9-14)33-23(24)28-17/h3-7,9,11,13,15,30H,8,10,12H2,1-2H3,(H2,24,28)(H,26,31)(H,27,32)/t15-/m0/s1.